The zero-order valence-corrected chi connectivity index (χ0v) is 19.1. The van der Waals surface area contributed by atoms with Crippen LogP contribution in [0, 0.1) is 0 Å². The van der Waals surface area contributed by atoms with Crippen LogP contribution in [0.3, 0.4) is 0 Å². The van der Waals surface area contributed by atoms with Gasteiger partial charge in [0, 0.05) is 19.2 Å². The molecule has 0 saturated heterocycles. The minimum absolute atomic E-state index is 0.267. The number of aryl methyl sites for hydroxylation is 2. The Balaban J connectivity index is 1.27. The lowest BCUT2D eigenvalue weighted by Gasteiger charge is -2.11. The Morgan fingerprint density at radius 3 is 2.65 bits per heavy atom. The molecule has 2 aromatic heterocycles. The first-order chi connectivity index (χ1) is 16.6. The van der Waals surface area contributed by atoms with Gasteiger partial charge < -0.3 is 9.84 Å². The molecule has 1 N–H and O–H groups in total. The molecule has 1 aliphatic carbocycles. The number of carboxylic acids is 1. The van der Waals surface area contributed by atoms with Gasteiger partial charge in [-0.15, -0.1) is 5.10 Å². The molecule has 2 heterocycles. The molecule has 0 amide bonds. The Morgan fingerprint density at radius 1 is 1.12 bits per heavy atom. The smallest absolute Gasteiger partial charge is 0.339 e. The Hall–Kier alpha value is -3.94. The molecule has 0 atom stereocenters. The lowest BCUT2D eigenvalue weighted by molar-refractivity contribution is 0.0695. The minimum Gasteiger partial charge on any atom is -0.494 e. The van der Waals surface area contributed by atoms with Gasteiger partial charge in [-0.1, -0.05) is 29.5 Å². The minimum atomic E-state index is -0.925. The van der Waals surface area contributed by atoms with Gasteiger partial charge in [0.25, 0.3) is 0 Å². The number of hydrogen-bond donors (Lipinski definition) is 1. The van der Waals surface area contributed by atoms with Crippen LogP contribution in [0.15, 0.2) is 60.9 Å². The van der Waals surface area contributed by atoms with Gasteiger partial charge in [0.15, 0.2) is 0 Å². The number of benzene rings is 2. The van der Waals surface area contributed by atoms with E-state index in [0.29, 0.717) is 12.2 Å². The van der Waals surface area contributed by atoms with Gasteiger partial charge in [0.2, 0.25) is 0 Å². The van der Waals surface area contributed by atoms with Gasteiger partial charge in [0.05, 0.1) is 29.9 Å². The molecular formula is C26H27N5O3. The van der Waals surface area contributed by atoms with E-state index in [2.05, 4.69) is 15.4 Å². The fourth-order valence-electron chi connectivity index (χ4n) is 4.17. The molecule has 1 aliphatic rings. The Morgan fingerprint density at radius 2 is 1.91 bits per heavy atom. The standard InChI is InChI=1S/C26H27N5O3/c1-30-17-21(28-29-30)8-2-3-13-34-23-10-5-7-20(15-23)19-6-4-9-22(14-19)31-25(18-11-12-18)24(16-27-31)26(32)33/h4-7,9-10,14-18H,2-3,8,11-13H2,1H3,(H,32,33). The molecule has 8 heteroatoms. The van der Waals surface area contributed by atoms with Crippen molar-refractivity contribution in [3.8, 4) is 22.6 Å². The molecular weight excluding hydrogens is 430 g/mol. The topological polar surface area (TPSA) is 95.1 Å². The second-order valence-electron chi connectivity index (χ2n) is 8.70. The zero-order valence-electron chi connectivity index (χ0n) is 19.1. The predicted octanol–water partition coefficient (Wildman–Crippen LogP) is 4.65. The SMILES string of the molecule is Cn1cc(CCCCOc2cccc(-c3cccc(-n4ncc(C(=O)O)c4C4CC4)c3)c2)nn1. The maximum Gasteiger partial charge on any atom is 0.339 e. The number of ether oxygens (including phenoxy) is 1. The molecule has 0 unspecified atom stereocenters. The van der Waals surface area contributed by atoms with Crippen LogP contribution in [-0.2, 0) is 13.5 Å². The summed E-state index contributed by atoms with van der Waals surface area (Å²) in [6.45, 7) is 0.639. The van der Waals surface area contributed by atoms with E-state index in [1.54, 1.807) is 9.36 Å². The van der Waals surface area contributed by atoms with Gasteiger partial charge in [-0.05, 0) is 67.5 Å². The van der Waals surface area contributed by atoms with E-state index in [1.807, 2.05) is 61.8 Å². The Labute approximate surface area is 197 Å². The predicted molar refractivity (Wildman–Crippen MR) is 127 cm³/mol. The maximum atomic E-state index is 11.7. The van der Waals surface area contributed by atoms with Crippen molar-refractivity contribution in [3.05, 3.63) is 77.9 Å². The van der Waals surface area contributed by atoms with E-state index in [4.69, 9.17) is 4.74 Å². The van der Waals surface area contributed by atoms with Gasteiger partial charge in [-0.2, -0.15) is 5.10 Å². The molecule has 4 aromatic rings. The van der Waals surface area contributed by atoms with Crippen molar-refractivity contribution in [2.24, 2.45) is 7.05 Å². The highest BCUT2D eigenvalue weighted by molar-refractivity contribution is 5.89. The molecule has 5 rings (SSSR count). The molecule has 0 radical (unpaired) electrons. The van der Waals surface area contributed by atoms with Crippen molar-refractivity contribution >= 4 is 5.97 Å². The summed E-state index contributed by atoms with van der Waals surface area (Å²) in [4.78, 5) is 11.7. The molecule has 0 aliphatic heterocycles. The molecule has 1 fully saturated rings. The van der Waals surface area contributed by atoms with Crippen molar-refractivity contribution < 1.29 is 14.6 Å². The number of aromatic nitrogens is 5. The number of aromatic carboxylic acids is 1. The second kappa shape index (κ2) is 9.51. The molecule has 174 valence electrons. The summed E-state index contributed by atoms with van der Waals surface area (Å²) in [5, 5.41) is 22.0. The molecule has 1 saturated carbocycles. The van der Waals surface area contributed by atoms with Crippen LogP contribution in [0.1, 0.15) is 53.3 Å². The van der Waals surface area contributed by atoms with Gasteiger partial charge >= 0.3 is 5.97 Å². The third-order valence-corrected chi connectivity index (χ3v) is 6.01. The number of nitrogens with zero attached hydrogens (tertiary/aromatic N) is 5. The highest BCUT2D eigenvalue weighted by Crippen LogP contribution is 2.42. The van der Waals surface area contributed by atoms with E-state index in [-0.39, 0.29) is 5.92 Å². The first kappa shape index (κ1) is 21.9. The number of carbonyl (C=O) groups is 1. The number of unbranched alkanes of at least 4 members (excludes halogenated alkanes) is 1. The van der Waals surface area contributed by atoms with Crippen LogP contribution >= 0.6 is 0 Å². The third-order valence-electron chi connectivity index (χ3n) is 6.01. The second-order valence-corrected chi connectivity index (χ2v) is 8.70. The third kappa shape index (κ3) is 4.85. The molecule has 34 heavy (non-hydrogen) atoms. The Bertz CT molecular complexity index is 1310. The summed E-state index contributed by atoms with van der Waals surface area (Å²) >= 11 is 0. The van der Waals surface area contributed by atoms with Crippen LogP contribution in [0.25, 0.3) is 16.8 Å². The fourth-order valence-corrected chi connectivity index (χ4v) is 4.17. The van der Waals surface area contributed by atoms with Gasteiger partial charge in [-0.3, -0.25) is 4.68 Å². The first-order valence-electron chi connectivity index (χ1n) is 11.6. The summed E-state index contributed by atoms with van der Waals surface area (Å²) < 4.78 is 9.49. The van der Waals surface area contributed by atoms with Crippen LogP contribution in [0.5, 0.6) is 5.75 Å². The lowest BCUT2D eigenvalue weighted by Crippen LogP contribution is -2.05. The lowest BCUT2D eigenvalue weighted by atomic mass is 10.0. The summed E-state index contributed by atoms with van der Waals surface area (Å²) in [5.41, 5.74) is 5.02. The van der Waals surface area contributed by atoms with Crippen molar-refractivity contribution in [2.75, 3.05) is 6.61 Å². The average molecular weight is 458 g/mol. The van der Waals surface area contributed by atoms with Crippen molar-refractivity contribution in [3.63, 3.8) is 0 Å². The summed E-state index contributed by atoms with van der Waals surface area (Å²) in [6.07, 6.45) is 8.23. The summed E-state index contributed by atoms with van der Waals surface area (Å²) in [5.74, 6) is 0.169. The van der Waals surface area contributed by atoms with E-state index >= 15 is 0 Å². The van der Waals surface area contributed by atoms with Gasteiger partial charge in [-0.25, -0.2) is 9.48 Å². The molecule has 2 aromatic carbocycles. The number of rotatable bonds is 10. The van der Waals surface area contributed by atoms with E-state index < -0.39 is 5.97 Å². The largest absolute Gasteiger partial charge is 0.494 e. The normalized spacial score (nSPS) is 13.2. The van der Waals surface area contributed by atoms with Crippen molar-refractivity contribution in [1.82, 2.24) is 24.8 Å². The molecule has 8 nitrogen and oxygen atoms in total. The molecule has 0 spiro atoms. The zero-order chi connectivity index (χ0) is 23.5. The fraction of sp³-hybridized carbons (Fsp3) is 0.308. The first-order valence-corrected chi connectivity index (χ1v) is 11.6. The van der Waals surface area contributed by atoms with E-state index in [0.717, 1.165) is 66.1 Å². The number of hydrogen-bond acceptors (Lipinski definition) is 5. The summed E-state index contributed by atoms with van der Waals surface area (Å²) in [6, 6.07) is 16.1. The van der Waals surface area contributed by atoms with Crippen molar-refractivity contribution in [1.29, 1.82) is 0 Å². The quantitative estimate of drug-likeness (QED) is 0.349. The monoisotopic (exact) mass is 457 g/mol. The number of carboxylic acid groups (broad SMARTS) is 1. The van der Waals surface area contributed by atoms with Crippen LogP contribution in [0.4, 0.5) is 0 Å². The highest BCUT2D eigenvalue weighted by Gasteiger charge is 2.32. The van der Waals surface area contributed by atoms with E-state index in [9.17, 15) is 9.90 Å². The van der Waals surface area contributed by atoms with Crippen LogP contribution in [0.2, 0.25) is 0 Å². The Kier molecular flexibility index (Phi) is 6.12. The molecule has 0 bridgehead atoms. The summed E-state index contributed by atoms with van der Waals surface area (Å²) in [7, 11) is 1.87. The van der Waals surface area contributed by atoms with Gasteiger partial charge in [0.1, 0.15) is 11.3 Å². The maximum absolute atomic E-state index is 11.7. The van der Waals surface area contributed by atoms with E-state index in [1.165, 1.54) is 6.20 Å². The van der Waals surface area contributed by atoms with Crippen molar-refractivity contribution in [2.45, 2.75) is 38.0 Å². The highest BCUT2D eigenvalue weighted by atomic mass is 16.5. The van der Waals surface area contributed by atoms with Crippen LogP contribution in [-0.4, -0.2) is 42.5 Å². The van der Waals surface area contributed by atoms with Crippen LogP contribution < -0.4 is 4.74 Å². The average Bonchev–Trinajstić information content (AvgIpc) is 3.44.